The molecule has 4 rings (SSSR count). The van der Waals surface area contributed by atoms with Crippen molar-refractivity contribution < 1.29 is 128 Å². The van der Waals surface area contributed by atoms with E-state index in [0.717, 1.165) is 69.2 Å². The average molecular weight is 1050 g/mol. The number of esters is 10. The van der Waals surface area contributed by atoms with E-state index in [1.165, 1.54) is 13.8 Å². The van der Waals surface area contributed by atoms with Crippen molar-refractivity contribution in [2.24, 2.45) is 5.92 Å². The van der Waals surface area contributed by atoms with Crippen molar-refractivity contribution in [3.05, 3.63) is 0 Å². The van der Waals surface area contributed by atoms with Gasteiger partial charge in [0.1, 0.15) is 31.5 Å². The van der Waals surface area contributed by atoms with Crippen LogP contribution in [0.1, 0.15) is 96.9 Å². The quantitative estimate of drug-likeness (QED) is 0.132. The van der Waals surface area contributed by atoms with Gasteiger partial charge < -0.3 is 80.5 Å². The summed E-state index contributed by atoms with van der Waals surface area (Å²) < 4.78 is 101. The van der Waals surface area contributed by atoms with Crippen LogP contribution in [0.4, 0.5) is 0 Å². The van der Waals surface area contributed by atoms with E-state index in [2.05, 4.69) is 0 Å². The lowest BCUT2D eigenvalue weighted by Gasteiger charge is -2.51. The molecule has 73 heavy (non-hydrogen) atoms. The first-order chi connectivity index (χ1) is 34.1. The summed E-state index contributed by atoms with van der Waals surface area (Å²) in [4.78, 5) is 126. The van der Waals surface area contributed by atoms with Crippen LogP contribution in [0, 0.1) is 5.92 Å². The Balaban J connectivity index is 1.97. The molecular formula is C46H66O27. The van der Waals surface area contributed by atoms with Crippen molar-refractivity contribution in [3.63, 3.8) is 0 Å². The van der Waals surface area contributed by atoms with Crippen LogP contribution in [0.2, 0.25) is 0 Å². The molecule has 0 saturated carbocycles. The molecule has 4 heterocycles. The summed E-state index contributed by atoms with van der Waals surface area (Å²) in [7, 11) is 0. The van der Waals surface area contributed by atoms with Gasteiger partial charge in [0.2, 0.25) is 0 Å². The Morgan fingerprint density at radius 3 is 0.945 bits per heavy atom. The molecule has 0 aromatic carbocycles. The predicted molar refractivity (Wildman–Crippen MR) is 233 cm³/mol. The maximum atomic E-state index is 13.1. The molecule has 4 aliphatic rings. The van der Waals surface area contributed by atoms with Crippen LogP contribution in [-0.2, 0) is 128 Å². The SMILES string of the molecule is CC(=O)OCC1O[C@@H](OC2C(COC(C)=O)O[C@@H](C)C(C)[C@H]2O[C@H]2OC(C)C(OC(C)=O)[C@H](OC(C)=O)C2OC(C)=O)C(OC2OC(C)[C@H](OC(C)=O)C(OC(C)=O)[C@@H]2OC(C)=O)[C@@H](OC(C)=O)C1OC(C)=O. The summed E-state index contributed by atoms with van der Waals surface area (Å²) in [6, 6.07) is 0. The van der Waals surface area contributed by atoms with Crippen LogP contribution in [0.3, 0.4) is 0 Å². The summed E-state index contributed by atoms with van der Waals surface area (Å²) in [5, 5.41) is 0. The third kappa shape index (κ3) is 16.7. The molecule has 0 aromatic heterocycles. The first-order valence-electron chi connectivity index (χ1n) is 23.3. The van der Waals surface area contributed by atoms with Crippen molar-refractivity contribution in [2.45, 2.75) is 213 Å². The topological polar surface area (TPSA) is 328 Å². The molecule has 0 bridgehead atoms. The number of rotatable bonds is 18. The maximum Gasteiger partial charge on any atom is 0.303 e. The first kappa shape index (κ1) is 60.0. The second kappa shape index (κ2) is 26.6. The second-order valence-electron chi connectivity index (χ2n) is 17.7. The largest absolute Gasteiger partial charge is 0.463 e. The Labute approximate surface area is 420 Å². The fourth-order valence-corrected chi connectivity index (χ4v) is 8.70. The minimum Gasteiger partial charge on any atom is -0.463 e. The van der Waals surface area contributed by atoms with Gasteiger partial charge in [0.05, 0.1) is 24.4 Å². The van der Waals surface area contributed by atoms with Gasteiger partial charge in [0, 0.05) is 75.2 Å². The second-order valence-corrected chi connectivity index (χ2v) is 17.7. The van der Waals surface area contributed by atoms with E-state index in [-0.39, 0.29) is 0 Å². The Morgan fingerprint density at radius 1 is 0.288 bits per heavy atom. The molecule has 0 spiro atoms. The smallest absolute Gasteiger partial charge is 0.303 e. The molecule has 4 fully saturated rings. The van der Waals surface area contributed by atoms with Crippen molar-refractivity contribution in [1.29, 1.82) is 0 Å². The highest BCUT2D eigenvalue weighted by Crippen LogP contribution is 2.40. The molecule has 0 N–H and O–H groups in total. The summed E-state index contributed by atoms with van der Waals surface area (Å²) in [5.41, 5.74) is 0. The van der Waals surface area contributed by atoms with E-state index < -0.39 is 195 Å². The van der Waals surface area contributed by atoms with E-state index in [1.807, 2.05) is 0 Å². The van der Waals surface area contributed by atoms with E-state index in [9.17, 15) is 47.9 Å². The van der Waals surface area contributed by atoms with Crippen molar-refractivity contribution in [3.8, 4) is 0 Å². The van der Waals surface area contributed by atoms with Gasteiger partial charge in [-0.15, -0.1) is 0 Å². The molecule has 0 amide bonds. The van der Waals surface area contributed by atoms with E-state index in [0.29, 0.717) is 0 Å². The molecule has 27 heteroatoms. The van der Waals surface area contributed by atoms with Gasteiger partial charge in [0.15, 0.2) is 73.8 Å². The Kier molecular flexibility index (Phi) is 21.8. The molecule has 12 unspecified atom stereocenters. The van der Waals surface area contributed by atoms with Gasteiger partial charge in [-0.25, -0.2) is 0 Å². The van der Waals surface area contributed by atoms with E-state index in [1.54, 1.807) is 13.8 Å². The van der Waals surface area contributed by atoms with Gasteiger partial charge in [0.25, 0.3) is 0 Å². The minimum atomic E-state index is -1.95. The summed E-state index contributed by atoms with van der Waals surface area (Å²) >= 11 is 0. The van der Waals surface area contributed by atoms with Crippen molar-refractivity contribution >= 4 is 59.7 Å². The monoisotopic (exact) mass is 1050 g/mol. The molecule has 412 valence electrons. The zero-order valence-electron chi connectivity index (χ0n) is 43.0. The van der Waals surface area contributed by atoms with Gasteiger partial charge in [-0.2, -0.15) is 0 Å². The van der Waals surface area contributed by atoms with Crippen molar-refractivity contribution in [2.75, 3.05) is 13.2 Å². The Morgan fingerprint density at radius 2 is 0.575 bits per heavy atom. The highest BCUT2D eigenvalue weighted by Gasteiger charge is 2.60. The number of hydrogen-bond acceptors (Lipinski definition) is 27. The lowest BCUT2D eigenvalue weighted by molar-refractivity contribution is -0.388. The van der Waals surface area contributed by atoms with Crippen LogP contribution >= 0.6 is 0 Å². The fraction of sp³-hybridized carbons (Fsp3) is 0.783. The van der Waals surface area contributed by atoms with Gasteiger partial charge >= 0.3 is 59.7 Å². The van der Waals surface area contributed by atoms with Gasteiger partial charge in [-0.3, -0.25) is 47.9 Å². The third-order valence-electron chi connectivity index (χ3n) is 11.6. The fourth-order valence-electron chi connectivity index (χ4n) is 8.70. The highest BCUT2D eigenvalue weighted by molar-refractivity contribution is 5.70. The lowest BCUT2D eigenvalue weighted by Crippen LogP contribution is -2.68. The summed E-state index contributed by atoms with van der Waals surface area (Å²) in [6.07, 6.45) is -29.0. The Hall–Kier alpha value is -5.58. The van der Waals surface area contributed by atoms with Gasteiger partial charge in [-0.1, -0.05) is 6.92 Å². The first-order valence-corrected chi connectivity index (χ1v) is 23.3. The highest BCUT2D eigenvalue weighted by atomic mass is 16.8. The van der Waals surface area contributed by atoms with Crippen LogP contribution < -0.4 is 0 Å². The molecule has 0 radical (unpaired) electrons. The lowest BCUT2D eigenvalue weighted by atomic mass is 9.88. The molecular weight excluding hydrogens is 984 g/mol. The molecule has 4 saturated heterocycles. The number of carbonyl (C=O) groups excluding carboxylic acids is 10. The standard InChI is InChI=1S/C46H66O27/c1-17-18(2)59-31(15-57-21(5)47)36(33(17)71-44-41(68-29(13)55)38(65-26(10)52)34(19(3)60-44)62-23(7)49)72-46-43(40(67-28(12)54)37(64-25(9)51)32(70-46)16-58-22(6)48)73-45-42(69-30(14)56)39(66-27(11)53)35(20(4)61-45)63-24(8)50/h17-20,31-46H,15-16H2,1-14H3/t17?,18-,19?,20?,31?,32?,33+,34?,35-,36?,37?,38-,39?,40-,41?,42-,43?,44+,45?,46-/m0/s1. The van der Waals surface area contributed by atoms with E-state index in [4.69, 9.17) is 80.5 Å². The Bertz CT molecular complexity index is 2010. The molecule has 27 nitrogen and oxygen atoms in total. The molecule has 0 aromatic rings. The summed E-state index contributed by atoms with van der Waals surface area (Å²) in [5.74, 6) is -9.51. The number of ether oxygens (including phenoxy) is 17. The van der Waals surface area contributed by atoms with Gasteiger partial charge in [-0.05, 0) is 20.8 Å². The molecule has 4 aliphatic heterocycles. The zero-order valence-corrected chi connectivity index (χ0v) is 43.0. The zero-order chi connectivity index (χ0) is 54.8. The van der Waals surface area contributed by atoms with Crippen LogP contribution in [0.5, 0.6) is 0 Å². The van der Waals surface area contributed by atoms with Crippen LogP contribution in [0.25, 0.3) is 0 Å². The summed E-state index contributed by atoms with van der Waals surface area (Å²) in [6.45, 7) is 15.6. The minimum absolute atomic E-state index is 0.533. The number of carbonyl (C=O) groups is 10. The predicted octanol–water partition coefficient (Wildman–Crippen LogP) is 0.360. The molecule has 0 aliphatic carbocycles. The normalized spacial score (nSPS) is 36.1. The van der Waals surface area contributed by atoms with Crippen molar-refractivity contribution in [1.82, 2.24) is 0 Å². The third-order valence-corrected chi connectivity index (χ3v) is 11.6. The molecule has 20 atom stereocenters. The number of hydrogen-bond donors (Lipinski definition) is 0. The van der Waals surface area contributed by atoms with Crippen LogP contribution in [0.15, 0.2) is 0 Å². The van der Waals surface area contributed by atoms with E-state index >= 15 is 0 Å². The van der Waals surface area contributed by atoms with Crippen LogP contribution in [-0.4, -0.2) is 189 Å². The average Bonchev–Trinajstić information content (AvgIpc) is 3.25. The maximum absolute atomic E-state index is 13.1.